The van der Waals surface area contributed by atoms with Crippen molar-refractivity contribution in [2.75, 3.05) is 0 Å². The summed E-state index contributed by atoms with van der Waals surface area (Å²) in [6, 6.07) is 6.91. The summed E-state index contributed by atoms with van der Waals surface area (Å²) in [6.07, 6.45) is 3.18. The molecule has 0 radical (unpaired) electrons. The summed E-state index contributed by atoms with van der Waals surface area (Å²) in [6.45, 7) is 2.04. The average molecular weight is 290 g/mol. The Kier molecular flexibility index (Phi) is 5.91. The largest absolute Gasteiger partial charge is 0.350 e. The van der Waals surface area contributed by atoms with Crippen molar-refractivity contribution in [1.82, 2.24) is 0 Å². The molecule has 0 bridgehead atoms. The number of benzene rings is 1. The number of hydrogen-bond donors (Lipinski definition) is 0. The van der Waals surface area contributed by atoms with Crippen molar-refractivity contribution in [3.05, 3.63) is 30.3 Å². The van der Waals surface area contributed by atoms with Crippen LogP contribution in [0.1, 0.15) is 45.4 Å². The third kappa shape index (κ3) is 4.27. The molecule has 2 nitrogen and oxygen atoms in total. The summed E-state index contributed by atoms with van der Waals surface area (Å²) >= 11 is 0. The molecule has 0 atom stereocenters. The summed E-state index contributed by atoms with van der Waals surface area (Å²) in [4.78, 5) is -0.312. The molecule has 1 aromatic carbocycles. The summed E-state index contributed by atoms with van der Waals surface area (Å²) in [5.41, 5.74) is 0. The molecule has 108 valence electrons. The van der Waals surface area contributed by atoms with Crippen LogP contribution < -0.4 is 0 Å². The fourth-order valence-corrected chi connectivity index (χ4v) is 3.11. The topological polar surface area (TPSA) is 34.1 Å². The third-order valence-electron chi connectivity index (χ3n) is 3.02. The zero-order valence-corrected chi connectivity index (χ0v) is 11.9. The van der Waals surface area contributed by atoms with E-state index in [1.165, 1.54) is 24.3 Å². The van der Waals surface area contributed by atoms with E-state index in [1.54, 1.807) is 6.07 Å². The molecule has 0 fully saturated rings. The molecule has 0 aliphatic heterocycles. The number of rotatable bonds is 8. The van der Waals surface area contributed by atoms with Crippen LogP contribution in [0.3, 0.4) is 0 Å². The van der Waals surface area contributed by atoms with Gasteiger partial charge in [0.2, 0.25) is 9.84 Å². The molecule has 5 heteroatoms. The fourth-order valence-electron chi connectivity index (χ4n) is 1.84. The lowest BCUT2D eigenvalue weighted by atomic mass is 10.1. The van der Waals surface area contributed by atoms with Crippen molar-refractivity contribution in [2.24, 2.45) is 0 Å². The SMILES string of the molecule is CCCCCCCC(F)(F)S(=O)(=O)c1ccccc1. The Morgan fingerprint density at radius 1 is 1.00 bits per heavy atom. The first-order chi connectivity index (χ1) is 8.92. The minimum Gasteiger partial charge on any atom is -0.217 e. The molecule has 0 spiro atoms. The Labute approximate surface area is 113 Å². The van der Waals surface area contributed by atoms with Gasteiger partial charge in [-0.25, -0.2) is 8.42 Å². The second-order valence-electron chi connectivity index (χ2n) is 4.62. The molecule has 19 heavy (non-hydrogen) atoms. The monoisotopic (exact) mass is 290 g/mol. The average Bonchev–Trinajstić information content (AvgIpc) is 2.39. The predicted octanol–water partition coefficient (Wildman–Crippen LogP) is 4.41. The van der Waals surface area contributed by atoms with E-state index in [2.05, 4.69) is 0 Å². The second kappa shape index (κ2) is 6.98. The number of alkyl halides is 2. The maximum Gasteiger partial charge on any atom is 0.350 e. The van der Waals surface area contributed by atoms with Crippen molar-refractivity contribution >= 4 is 9.84 Å². The minimum atomic E-state index is -4.56. The lowest BCUT2D eigenvalue weighted by Crippen LogP contribution is -2.28. The predicted molar refractivity (Wildman–Crippen MR) is 72.0 cm³/mol. The van der Waals surface area contributed by atoms with Gasteiger partial charge in [-0.3, -0.25) is 0 Å². The van der Waals surface area contributed by atoms with Crippen LogP contribution in [0.5, 0.6) is 0 Å². The van der Waals surface area contributed by atoms with Gasteiger partial charge in [0.05, 0.1) is 4.90 Å². The number of unbranched alkanes of at least 4 members (excludes halogenated alkanes) is 4. The van der Waals surface area contributed by atoms with Crippen LogP contribution in [0.2, 0.25) is 0 Å². The molecular weight excluding hydrogens is 270 g/mol. The van der Waals surface area contributed by atoms with E-state index in [0.29, 0.717) is 6.42 Å². The van der Waals surface area contributed by atoms with E-state index in [-0.39, 0.29) is 11.3 Å². The van der Waals surface area contributed by atoms with Crippen molar-refractivity contribution in [2.45, 2.75) is 55.6 Å². The summed E-state index contributed by atoms with van der Waals surface area (Å²) < 4.78 is 51.3. The van der Waals surface area contributed by atoms with Gasteiger partial charge in [0.25, 0.3) is 0 Å². The first-order valence-corrected chi connectivity index (χ1v) is 8.07. The van der Waals surface area contributed by atoms with Crippen LogP contribution in [0.25, 0.3) is 0 Å². The highest BCUT2D eigenvalue weighted by atomic mass is 32.2. The standard InChI is InChI=1S/C14H20F2O2S/c1-2-3-4-5-9-12-14(15,16)19(17,18)13-10-7-6-8-11-13/h6-8,10-11H,2-5,9,12H2,1H3. The molecule has 0 saturated carbocycles. The van der Waals surface area contributed by atoms with Crippen LogP contribution >= 0.6 is 0 Å². The van der Waals surface area contributed by atoms with E-state index >= 15 is 0 Å². The Balaban J connectivity index is 2.66. The molecule has 1 aromatic rings. The lowest BCUT2D eigenvalue weighted by Gasteiger charge is -2.16. The van der Waals surface area contributed by atoms with Gasteiger partial charge >= 0.3 is 5.25 Å². The number of hydrogen-bond acceptors (Lipinski definition) is 2. The highest BCUT2D eigenvalue weighted by molar-refractivity contribution is 7.92. The third-order valence-corrected chi connectivity index (χ3v) is 4.90. The Morgan fingerprint density at radius 3 is 2.16 bits per heavy atom. The van der Waals surface area contributed by atoms with E-state index in [9.17, 15) is 17.2 Å². The Hall–Kier alpha value is -0.970. The maximum atomic E-state index is 13.8. The second-order valence-corrected chi connectivity index (χ2v) is 6.69. The molecule has 0 N–H and O–H groups in total. The molecular formula is C14H20F2O2S. The molecule has 0 amide bonds. The van der Waals surface area contributed by atoms with Gasteiger partial charge in [-0.1, -0.05) is 50.8 Å². The van der Waals surface area contributed by atoms with Gasteiger partial charge < -0.3 is 0 Å². The normalized spacial score (nSPS) is 12.6. The molecule has 0 heterocycles. The van der Waals surface area contributed by atoms with Gasteiger partial charge in [-0.15, -0.1) is 0 Å². The van der Waals surface area contributed by atoms with Crippen molar-refractivity contribution in [3.8, 4) is 0 Å². The van der Waals surface area contributed by atoms with Crippen molar-refractivity contribution < 1.29 is 17.2 Å². The van der Waals surface area contributed by atoms with Crippen LogP contribution in [0.4, 0.5) is 8.78 Å². The van der Waals surface area contributed by atoms with Crippen molar-refractivity contribution in [3.63, 3.8) is 0 Å². The molecule has 0 aliphatic carbocycles. The lowest BCUT2D eigenvalue weighted by molar-refractivity contribution is 0.0788. The van der Waals surface area contributed by atoms with Crippen LogP contribution in [0.15, 0.2) is 35.2 Å². The van der Waals surface area contributed by atoms with Gasteiger partial charge in [0, 0.05) is 6.42 Å². The van der Waals surface area contributed by atoms with Crippen LogP contribution in [-0.4, -0.2) is 13.7 Å². The van der Waals surface area contributed by atoms with Crippen molar-refractivity contribution in [1.29, 1.82) is 0 Å². The minimum absolute atomic E-state index is 0.235. The van der Waals surface area contributed by atoms with Gasteiger partial charge in [0.1, 0.15) is 0 Å². The van der Waals surface area contributed by atoms with Crippen LogP contribution in [-0.2, 0) is 9.84 Å². The Bertz CT molecular complexity index is 469. The molecule has 1 rings (SSSR count). The van der Waals surface area contributed by atoms with E-state index < -0.39 is 21.5 Å². The first kappa shape index (κ1) is 16.1. The van der Waals surface area contributed by atoms with E-state index in [1.807, 2.05) is 6.92 Å². The molecule has 0 saturated heterocycles. The van der Waals surface area contributed by atoms with Gasteiger partial charge in [-0.05, 0) is 18.6 Å². The molecule has 0 aliphatic rings. The fraction of sp³-hybridized carbons (Fsp3) is 0.571. The molecule has 0 unspecified atom stereocenters. The maximum absolute atomic E-state index is 13.8. The number of halogens is 2. The van der Waals surface area contributed by atoms with E-state index in [4.69, 9.17) is 0 Å². The zero-order chi connectivity index (χ0) is 14.4. The van der Waals surface area contributed by atoms with E-state index in [0.717, 1.165) is 19.3 Å². The Morgan fingerprint density at radius 2 is 1.58 bits per heavy atom. The molecule has 0 aromatic heterocycles. The first-order valence-electron chi connectivity index (χ1n) is 6.59. The van der Waals surface area contributed by atoms with Gasteiger partial charge in [-0.2, -0.15) is 8.78 Å². The number of sulfone groups is 1. The van der Waals surface area contributed by atoms with Gasteiger partial charge in [0.15, 0.2) is 0 Å². The van der Waals surface area contributed by atoms with Crippen LogP contribution in [0, 0.1) is 0 Å². The smallest absolute Gasteiger partial charge is 0.217 e. The highest BCUT2D eigenvalue weighted by Gasteiger charge is 2.44. The highest BCUT2D eigenvalue weighted by Crippen LogP contribution is 2.33. The zero-order valence-electron chi connectivity index (χ0n) is 11.1. The summed E-state index contributed by atoms with van der Waals surface area (Å²) in [7, 11) is -4.56. The summed E-state index contributed by atoms with van der Waals surface area (Å²) in [5.74, 6) is 0. The summed E-state index contributed by atoms with van der Waals surface area (Å²) in [5, 5.41) is -3.68. The quantitative estimate of drug-likeness (QED) is 0.664.